The first-order chi connectivity index (χ1) is 34.5. The van der Waals surface area contributed by atoms with Crippen molar-refractivity contribution in [2.75, 3.05) is 13.2 Å². The van der Waals surface area contributed by atoms with Crippen molar-refractivity contribution in [2.45, 2.75) is 329 Å². The number of rotatable bonds is 56. The van der Waals surface area contributed by atoms with Gasteiger partial charge in [0.1, 0.15) is 13.2 Å². The van der Waals surface area contributed by atoms with Crippen molar-refractivity contribution in [1.82, 2.24) is 0 Å². The molecule has 1 atom stereocenters. The summed E-state index contributed by atoms with van der Waals surface area (Å²) in [4.78, 5) is 37.8. The van der Waals surface area contributed by atoms with Gasteiger partial charge in [-0.25, -0.2) is 0 Å². The summed E-state index contributed by atoms with van der Waals surface area (Å²) in [5.41, 5.74) is 0. The lowest BCUT2D eigenvalue weighted by Crippen LogP contribution is -2.30. The molecule has 0 amide bonds. The van der Waals surface area contributed by atoms with Crippen molar-refractivity contribution in [3.8, 4) is 0 Å². The Balaban J connectivity index is 3.96. The van der Waals surface area contributed by atoms with Crippen molar-refractivity contribution in [3.05, 3.63) is 48.6 Å². The molecule has 0 aromatic rings. The monoisotopic (exact) mass is 981 g/mol. The Kier molecular flexibility index (Phi) is 56.7. The standard InChI is InChI=1S/C64H116O6/c1-4-7-10-13-15-17-19-21-23-25-26-27-28-29-30-31-32-33-34-35-36-37-38-39-41-42-44-46-48-51-54-57-63(66)69-60-61(59-68-62(65)56-53-50-12-9-6-3)70-64(67)58-55-52-49-47-45-43-40-24-22-20-18-16-14-11-8-5-2/h19,21,24-26,28-29,40,61H,4-18,20,22-23,27,30-39,41-60H2,1-3H3/b21-19-,26-25-,29-28-,40-24-. The summed E-state index contributed by atoms with van der Waals surface area (Å²) in [6.45, 7) is 6.57. The molecule has 0 aliphatic carbocycles. The first-order valence-electron chi connectivity index (χ1n) is 30.6. The van der Waals surface area contributed by atoms with Crippen LogP contribution >= 0.6 is 0 Å². The molecule has 0 fully saturated rings. The van der Waals surface area contributed by atoms with E-state index in [1.54, 1.807) is 0 Å². The van der Waals surface area contributed by atoms with E-state index in [9.17, 15) is 14.4 Å². The number of hydrogen-bond acceptors (Lipinski definition) is 6. The van der Waals surface area contributed by atoms with Crippen LogP contribution in [0.3, 0.4) is 0 Å². The highest BCUT2D eigenvalue weighted by Gasteiger charge is 2.19. The van der Waals surface area contributed by atoms with Gasteiger partial charge in [-0.2, -0.15) is 0 Å². The molecule has 0 spiro atoms. The zero-order chi connectivity index (χ0) is 50.7. The normalized spacial score (nSPS) is 12.3. The number of allylic oxidation sites excluding steroid dienone is 8. The minimum Gasteiger partial charge on any atom is -0.462 e. The van der Waals surface area contributed by atoms with Crippen LogP contribution in [0.1, 0.15) is 323 Å². The highest BCUT2D eigenvalue weighted by Crippen LogP contribution is 2.16. The molecule has 6 heteroatoms. The summed E-state index contributed by atoms with van der Waals surface area (Å²) < 4.78 is 16.7. The molecule has 0 aromatic heterocycles. The van der Waals surface area contributed by atoms with Crippen LogP contribution in [0.5, 0.6) is 0 Å². The molecule has 0 heterocycles. The van der Waals surface area contributed by atoms with Crippen molar-refractivity contribution < 1.29 is 28.6 Å². The minimum atomic E-state index is -0.771. The summed E-state index contributed by atoms with van der Waals surface area (Å²) >= 11 is 0. The molecule has 0 aliphatic heterocycles. The van der Waals surface area contributed by atoms with Gasteiger partial charge in [0.05, 0.1) is 0 Å². The SMILES string of the molecule is CCCCCCC/C=C\C/C=C\C/C=C\CCCCCCCCCCCCCCCCCCC(=O)OCC(COC(=O)CCCCCCC)OC(=O)CCCCCCC/C=C\CCCCCCCCC. The van der Waals surface area contributed by atoms with Crippen LogP contribution in [-0.4, -0.2) is 37.2 Å². The maximum absolute atomic E-state index is 12.8. The average molecular weight is 982 g/mol. The van der Waals surface area contributed by atoms with Crippen molar-refractivity contribution in [1.29, 1.82) is 0 Å². The van der Waals surface area contributed by atoms with Crippen LogP contribution in [-0.2, 0) is 28.6 Å². The van der Waals surface area contributed by atoms with E-state index in [0.29, 0.717) is 19.3 Å². The van der Waals surface area contributed by atoms with Crippen molar-refractivity contribution in [3.63, 3.8) is 0 Å². The third-order valence-corrected chi connectivity index (χ3v) is 13.6. The van der Waals surface area contributed by atoms with Gasteiger partial charge in [-0.1, -0.05) is 268 Å². The second kappa shape index (κ2) is 58.9. The molecule has 1 unspecified atom stereocenters. The van der Waals surface area contributed by atoms with Crippen LogP contribution in [0.25, 0.3) is 0 Å². The fraction of sp³-hybridized carbons (Fsp3) is 0.828. The molecule has 408 valence electrons. The third-order valence-electron chi connectivity index (χ3n) is 13.6. The topological polar surface area (TPSA) is 78.9 Å². The quantitative estimate of drug-likeness (QED) is 0.0261. The Morgan fingerprint density at radius 3 is 0.814 bits per heavy atom. The largest absolute Gasteiger partial charge is 0.462 e. The van der Waals surface area contributed by atoms with Gasteiger partial charge in [0.25, 0.3) is 0 Å². The molecule has 0 radical (unpaired) electrons. The van der Waals surface area contributed by atoms with E-state index in [2.05, 4.69) is 69.4 Å². The lowest BCUT2D eigenvalue weighted by molar-refractivity contribution is -0.167. The Labute approximate surface area is 435 Å². The summed E-state index contributed by atoms with van der Waals surface area (Å²) in [6.07, 6.45) is 73.1. The minimum absolute atomic E-state index is 0.0738. The van der Waals surface area contributed by atoms with Crippen LogP contribution in [0.2, 0.25) is 0 Å². The fourth-order valence-corrected chi connectivity index (χ4v) is 8.92. The number of hydrogen-bond donors (Lipinski definition) is 0. The predicted octanol–water partition coefficient (Wildman–Crippen LogP) is 20.6. The molecule has 0 aliphatic rings. The summed E-state index contributed by atoms with van der Waals surface area (Å²) in [6, 6.07) is 0. The van der Waals surface area contributed by atoms with Crippen molar-refractivity contribution >= 4 is 17.9 Å². The lowest BCUT2D eigenvalue weighted by atomic mass is 10.0. The maximum Gasteiger partial charge on any atom is 0.306 e. The number of carbonyl (C=O) groups is 3. The second-order valence-corrected chi connectivity index (χ2v) is 20.6. The molecule has 0 rings (SSSR count). The second-order valence-electron chi connectivity index (χ2n) is 20.6. The maximum atomic E-state index is 12.8. The zero-order valence-electron chi connectivity index (χ0n) is 46.8. The fourth-order valence-electron chi connectivity index (χ4n) is 8.92. The molecule has 0 saturated carbocycles. The van der Waals surface area contributed by atoms with Crippen LogP contribution in [0.15, 0.2) is 48.6 Å². The Morgan fingerprint density at radius 2 is 0.514 bits per heavy atom. The first kappa shape index (κ1) is 67.4. The number of ether oxygens (including phenoxy) is 3. The van der Waals surface area contributed by atoms with Gasteiger partial charge in [0.2, 0.25) is 0 Å². The Morgan fingerprint density at radius 1 is 0.286 bits per heavy atom. The molecule has 0 bridgehead atoms. The van der Waals surface area contributed by atoms with Crippen molar-refractivity contribution in [2.24, 2.45) is 0 Å². The smallest absolute Gasteiger partial charge is 0.306 e. The molecule has 0 N–H and O–H groups in total. The van der Waals surface area contributed by atoms with Crippen LogP contribution in [0, 0.1) is 0 Å². The molecule has 0 saturated heterocycles. The summed E-state index contributed by atoms with van der Waals surface area (Å²) in [5, 5.41) is 0. The van der Waals surface area contributed by atoms with E-state index in [1.165, 1.54) is 199 Å². The summed E-state index contributed by atoms with van der Waals surface area (Å²) in [7, 11) is 0. The molecule has 6 nitrogen and oxygen atoms in total. The van der Waals surface area contributed by atoms with E-state index in [4.69, 9.17) is 14.2 Å². The van der Waals surface area contributed by atoms with E-state index < -0.39 is 6.10 Å². The van der Waals surface area contributed by atoms with Gasteiger partial charge in [0, 0.05) is 19.3 Å². The number of unbranched alkanes of at least 4 members (excludes halogenated alkanes) is 37. The first-order valence-corrected chi connectivity index (χ1v) is 30.6. The number of esters is 3. The number of carbonyl (C=O) groups excluding carboxylic acids is 3. The Hall–Kier alpha value is -2.63. The van der Waals surface area contributed by atoms with E-state index >= 15 is 0 Å². The molecular weight excluding hydrogens is 865 g/mol. The van der Waals surface area contributed by atoms with Gasteiger partial charge < -0.3 is 14.2 Å². The van der Waals surface area contributed by atoms with E-state index in [-0.39, 0.29) is 31.1 Å². The van der Waals surface area contributed by atoms with Gasteiger partial charge in [0.15, 0.2) is 6.10 Å². The summed E-state index contributed by atoms with van der Waals surface area (Å²) in [5.74, 6) is -0.883. The van der Waals surface area contributed by atoms with Gasteiger partial charge in [-0.3, -0.25) is 14.4 Å². The molecule has 0 aromatic carbocycles. The van der Waals surface area contributed by atoms with Gasteiger partial charge >= 0.3 is 17.9 Å². The third kappa shape index (κ3) is 56.3. The highest BCUT2D eigenvalue weighted by molar-refractivity contribution is 5.71. The zero-order valence-corrected chi connectivity index (χ0v) is 46.8. The van der Waals surface area contributed by atoms with E-state index in [0.717, 1.165) is 83.5 Å². The highest BCUT2D eigenvalue weighted by atomic mass is 16.6. The molecular formula is C64H116O6. The Bertz CT molecular complexity index is 1220. The van der Waals surface area contributed by atoms with Gasteiger partial charge in [-0.15, -0.1) is 0 Å². The van der Waals surface area contributed by atoms with Gasteiger partial charge in [-0.05, 0) is 83.5 Å². The van der Waals surface area contributed by atoms with Crippen LogP contribution < -0.4 is 0 Å². The molecule has 70 heavy (non-hydrogen) atoms. The predicted molar refractivity (Wildman–Crippen MR) is 302 cm³/mol. The van der Waals surface area contributed by atoms with Crippen LogP contribution in [0.4, 0.5) is 0 Å². The average Bonchev–Trinajstić information content (AvgIpc) is 3.36. The lowest BCUT2D eigenvalue weighted by Gasteiger charge is -2.18. The van der Waals surface area contributed by atoms with E-state index in [1.807, 2.05) is 0 Å².